The van der Waals surface area contributed by atoms with E-state index in [4.69, 9.17) is 32.7 Å². The Labute approximate surface area is 370 Å². The lowest BCUT2D eigenvalue weighted by molar-refractivity contribution is -0.00697. The lowest BCUT2D eigenvalue weighted by Crippen LogP contribution is -2.47. The number of halogens is 4. The molecule has 0 radical (unpaired) electrons. The van der Waals surface area contributed by atoms with Crippen LogP contribution in [0.3, 0.4) is 0 Å². The van der Waals surface area contributed by atoms with Gasteiger partial charge in [0, 0.05) is 61.1 Å². The highest BCUT2D eigenvalue weighted by Crippen LogP contribution is 2.44. The van der Waals surface area contributed by atoms with E-state index in [9.17, 15) is 17.6 Å². The van der Waals surface area contributed by atoms with Gasteiger partial charge in [-0.2, -0.15) is 0 Å². The lowest BCUT2D eigenvalue weighted by Gasteiger charge is -2.39. The number of amides is 1. The van der Waals surface area contributed by atoms with E-state index in [-0.39, 0.29) is 53.3 Å². The number of rotatable bonds is 12. The molecule has 8 rings (SSSR count). The molecule has 2 N–H and O–H groups in total. The van der Waals surface area contributed by atoms with E-state index in [2.05, 4.69) is 55.5 Å². The Bertz CT molecular complexity index is 2600. The van der Waals surface area contributed by atoms with Crippen LogP contribution in [0.15, 0.2) is 89.7 Å². The maximum atomic E-state index is 15.3. The normalized spacial score (nSPS) is 22.1. The lowest BCUT2D eigenvalue weighted by atomic mass is 9.72. The number of aromatic nitrogens is 3. The number of carbonyl (C=O) groups excluding carboxylic acids is 1. The van der Waals surface area contributed by atoms with Crippen molar-refractivity contribution >= 4 is 61.4 Å². The van der Waals surface area contributed by atoms with Crippen molar-refractivity contribution in [3.8, 4) is 17.4 Å². The number of piperazine rings is 1. The zero-order valence-electron chi connectivity index (χ0n) is 34.9. The predicted octanol–water partition coefficient (Wildman–Crippen LogP) is 10.4. The molecule has 16 heteroatoms. The number of fused-ring (bicyclic) bond motifs is 1. The third-order valence-electron chi connectivity index (χ3n) is 12.3. The highest BCUT2D eigenvalue weighted by Gasteiger charge is 2.42. The average molecular weight is 908 g/mol. The number of nitrogens with one attached hydrogen (secondary N) is 2. The van der Waals surface area contributed by atoms with Gasteiger partial charge in [0.25, 0.3) is 15.9 Å². The number of benzene rings is 2. The SMILES string of the molecule is CC1(C)CCC(CN2CCN(c3ccc(C(=O)NS(=O)(=O)c4cnc(OCC5(F)CCC(C)(F)CC5)c(Cl)c4)c(Oc4cnc5[nH]ccc5c4)c3)CC2)=C(c2ccc(Cl)cc2)C1. The van der Waals surface area contributed by atoms with Gasteiger partial charge in [-0.05, 0) is 111 Å². The number of aromatic amines is 1. The maximum Gasteiger partial charge on any atom is 0.268 e. The van der Waals surface area contributed by atoms with Crippen LogP contribution >= 0.6 is 23.2 Å². The van der Waals surface area contributed by atoms with Crippen LogP contribution < -0.4 is 19.1 Å². The van der Waals surface area contributed by atoms with Gasteiger partial charge in [0.15, 0.2) is 0 Å². The molecule has 0 spiro atoms. The molecule has 1 aliphatic heterocycles. The molecule has 3 aliphatic rings. The van der Waals surface area contributed by atoms with Crippen molar-refractivity contribution < 1.29 is 31.5 Å². The number of ether oxygens (including phenoxy) is 2. The number of H-pyrrole nitrogens is 1. The van der Waals surface area contributed by atoms with Crippen LogP contribution in [0.25, 0.3) is 16.6 Å². The quantitative estimate of drug-likeness (QED) is 0.126. The summed E-state index contributed by atoms with van der Waals surface area (Å²) in [6.45, 7) is 9.67. The van der Waals surface area contributed by atoms with Crippen LogP contribution in [0.2, 0.25) is 10.0 Å². The fraction of sp³-hybridized carbons (Fsp3) is 0.413. The van der Waals surface area contributed by atoms with Gasteiger partial charge < -0.3 is 19.4 Å². The number of hydrogen-bond donors (Lipinski definition) is 2. The van der Waals surface area contributed by atoms with E-state index in [0.717, 1.165) is 80.3 Å². The van der Waals surface area contributed by atoms with E-state index in [1.54, 1.807) is 30.5 Å². The molecule has 11 nitrogen and oxygen atoms in total. The molecule has 1 saturated heterocycles. The molecule has 0 unspecified atom stereocenters. The van der Waals surface area contributed by atoms with Gasteiger partial charge in [-0.15, -0.1) is 0 Å². The Kier molecular flexibility index (Phi) is 12.3. The Balaban J connectivity index is 0.977. The van der Waals surface area contributed by atoms with Crippen LogP contribution in [0.1, 0.15) is 81.6 Å². The molecular formula is C46H50Cl2F2N6O5S. The first kappa shape index (κ1) is 43.9. The van der Waals surface area contributed by atoms with Gasteiger partial charge in [0.2, 0.25) is 5.88 Å². The van der Waals surface area contributed by atoms with Crippen molar-refractivity contribution in [2.24, 2.45) is 5.41 Å². The first-order valence-electron chi connectivity index (χ1n) is 20.9. The zero-order chi connectivity index (χ0) is 43.9. The number of anilines is 1. The van der Waals surface area contributed by atoms with Crippen LogP contribution in [0.4, 0.5) is 14.5 Å². The minimum atomic E-state index is -4.51. The summed E-state index contributed by atoms with van der Waals surface area (Å²) in [6, 6.07) is 17.9. The minimum Gasteiger partial charge on any atom is -0.473 e. The van der Waals surface area contributed by atoms with E-state index in [1.807, 2.05) is 18.2 Å². The summed E-state index contributed by atoms with van der Waals surface area (Å²) in [5.74, 6) is -0.640. The summed E-state index contributed by atoms with van der Waals surface area (Å²) in [5.41, 5.74) is 2.56. The Morgan fingerprint density at radius 3 is 2.37 bits per heavy atom. The van der Waals surface area contributed by atoms with Crippen molar-refractivity contribution in [1.82, 2.24) is 24.6 Å². The summed E-state index contributed by atoms with van der Waals surface area (Å²) in [6.07, 6.45) is 7.51. The maximum absolute atomic E-state index is 15.3. The second kappa shape index (κ2) is 17.4. The van der Waals surface area contributed by atoms with Gasteiger partial charge in [0.1, 0.15) is 45.0 Å². The second-order valence-corrected chi connectivity index (χ2v) is 20.3. The standard InChI is InChI=1S/C46H50Cl2F2N6O5S/c1-44(2)12-10-32(38(25-44)30-4-6-33(47)7-5-30)28-55-18-20-56(21-19-55)34-8-9-37(40(23-34)61-35-22-31-11-17-51-41(31)52-26-35)42(57)54-62(58,59)36-24-39(48)43(53-27-36)60-29-46(50)15-13-45(3,49)14-16-46/h4-9,11,17,22-24,26-27H,10,12-16,18-21,25,28-29H2,1-3H3,(H,51,52)(H,54,57). The number of carbonyl (C=O) groups is 1. The molecular weight excluding hydrogens is 858 g/mol. The highest BCUT2D eigenvalue weighted by molar-refractivity contribution is 7.90. The fourth-order valence-electron chi connectivity index (χ4n) is 8.44. The van der Waals surface area contributed by atoms with Crippen molar-refractivity contribution in [2.75, 3.05) is 44.2 Å². The molecule has 2 aliphatic carbocycles. The Morgan fingerprint density at radius 1 is 0.903 bits per heavy atom. The average Bonchev–Trinajstić information content (AvgIpc) is 3.71. The molecule has 0 atom stereocenters. The molecule has 3 aromatic heterocycles. The summed E-state index contributed by atoms with van der Waals surface area (Å²) in [4.78, 5) is 29.6. The van der Waals surface area contributed by atoms with E-state index < -0.39 is 38.8 Å². The molecule has 0 bridgehead atoms. The van der Waals surface area contributed by atoms with E-state index in [1.165, 1.54) is 29.8 Å². The number of alkyl halides is 2. The van der Waals surface area contributed by atoms with Crippen molar-refractivity contribution in [2.45, 2.75) is 81.9 Å². The topological polar surface area (TPSA) is 130 Å². The molecule has 2 aromatic carbocycles. The molecule has 5 aromatic rings. The van der Waals surface area contributed by atoms with Gasteiger partial charge >= 0.3 is 0 Å². The molecule has 62 heavy (non-hydrogen) atoms. The minimum absolute atomic E-state index is 0.0266. The first-order chi connectivity index (χ1) is 29.4. The smallest absolute Gasteiger partial charge is 0.268 e. The Hall–Kier alpha value is -4.76. The van der Waals surface area contributed by atoms with Crippen molar-refractivity contribution in [1.29, 1.82) is 0 Å². The molecule has 328 valence electrons. The van der Waals surface area contributed by atoms with Crippen LogP contribution in [-0.4, -0.2) is 84.8 Å². The summed E-state index contributed by atoms with van der Waals surface area (Å²) in [5, 5.41) is 1.32. The number of sulfonamides is 1. The second-order valence-electron chi connectivity index (χ2n) is 17.8. The van der Waals surface area contributed by atoms with Gasteiger partial charge in [-0.3, -0.25) is 9.69 Å². The van der Waals surface area contributed by atoms with Gasteiger partial charge in [0.05, 0.1) is 18.0 Å². The molecule has 2 fully saturated rings. The van der Waals surface area contributed by atoms with E-state index in [0.29, 0.717) is 11.4 Å². The van der Waals surface area contributed by atoms with Crippen LogP contribution in [0, 0.1) is 5.41 Å². The van der Waals surface area contributed by atoms with Gasteiger partial charge in [-0.25, -0.2) is 31.9 Å². The van der Waals surface area contributed by atoms with E-state index >= 15 is 4.39 Å². The number of pyridine rings is 2. The highest BCUT2D eigenvalue weighted by atomic mass is 35.5. The number of allylic oxidation sites excluding steroid dienone is 1. The number of nitrogens with zero attached hydrogens (tertiary/aromatic N) is 4. The van der Waals surface area contributed by atoms with Crippen molar-refractivity contribution in [3.05, 3.63) is 106 Å². The fourth-order valence-corrected chi connectivity index (χ4v) is 9.79. The van der Waals surface area contributed by atoms with Crippen LogP contribution in [0.5, 0.6) is 17.4 Å². The molecule has 4 heterocycles. The molecule has 1 amide bonds. The monoisotopic (exact) mass is 906 g/mol. The summed E-state index contributed by atoms with van der Waals surface area (Å²) in [7, 11) is -4.51. The third-order valence-corrected chi connectivity index (χ3v) is 14.1. The summed E-state index contributed by atoms with van der Waals surface area (Å²) >= 11 is 12.6. The number of hydrogen-bond acceptors (Lipinski definition) is 9. The molecule has 1 saturated carbocycles. The zero-order valence-corrected chi connectivity index (χ0v) is 37.3. The third kappa shape index (κ3) is 10.2. The first-order valence-corrected chi connectivity index (χ1v) is 23.1. The Morgan fingerprint density at radius 2 is 1.65 bits per heavy atom. The summed E-state index contributed by atoms with van der Waals surface area (Å²) < 4.78 is 70.7. The van der Waals surface area contributed by atoms with Crippen molar-refractivity contribution in [3.63, 3.8) is 0 Å². The largest absolute Gasteiger partial charge is 0.473 e. The predicted molar refractivity (Wildman–Crippen MR) is 238 cm³/mol. The van der Waals surface area contributed by atoms with Gasteiger partial charge in [-0.1, -0.05) is 54.8 Å². The van der Waals surface area contributed by atoms with Crippen LogP contribution in [-0.2, 0) is 10.0 Å².